The van der Waals surface area contributed by atoms with Crippen molar-refractivity contribution >= 4 is 23.4 Å². The maximum absolute atomic E-state index is 15.0. The fraction of sp³-hybridized carbons (Fsp3) is 0.649. The van der Waals surface area contributed by atoms with E-state index in [9.17, 15) is 14.7 Å². The van der Waals surface area contributed by atoms with Gasteiger partial charge in [-0.3, -0.25) is 14.4 Å². The molecule has 0 bridgehead atoms. The van der Waals surface area contributed by atoms with Gasteiger partial charge in [-0.2, -0.15) is 0 Å². The summed E-state index contributed by atoms with van der Waals surface area (Å²) in [5, 5.41) is 10.7. The summed E-state index contributed by atoms with van der Waals surface area (Å²) in [6.45, 7) is 19.3. The number of aliphatic hydroxyl groups is 1. The van der Waals surface area contributed by atoms with Gasteiger partial charge in [0.1, 0.15) is 17.4 Å². The molecule has 5 rings (SSSR count). The van der Waals surface area contributed by atoms with Crippen LogP contribution in [0.2, 0.25) is 0 Å². The third kappa shape index (κ3) is 5.57. The van der Waals surface area contributed by atoms with Gasteiger partial charge < -0.3 is 29.3 Å². The third-order valence-corrected chi connectivity index (χ3v) is 10.5. The summed E-state index contributed by atoms with van der Waals surface area (Å²) in [6.07, 6.45) is 9.09. The molecular formula is C37H53N3O6. The molecule has 0 saturated carbocycles. The van der Waals surface area contributed by atoms with Gasteiger partial charge in [0.05, 0.1) is 36.7 Å². The van der Waals surface area contributed by atoms with Crippen LogP contribution in [0.5, 0.6) is 5.75 Å². The van der Waals surface area contributed by atoms with Gasteiger partial charge in [-0.15, -0.1) is 0 Å². The number of likely N-dealkylation sites (tertiary alicyclic amines) is 1. The first-order valence-corrected chi connectivity index (χ1v) is 16.9. The minimum Gasteiger partial charge on any atom is -0.494 e. The highest BCUT2D eigenvalue weighted by Crippen LogP contribution is 2.58. The molecule has 7 atom stereocenters. The Morgan fingerprint density at radius 3 is 2.20 bits per heavy atom. The van der Waals surface area contributed by atoms with E-state index in [2.05, 4.69) is 34.6 Å². The molecule has 2 fully saturated rings. The highest BCUT2D eigenvalue weighted by atomic mass is 16.5. The summed E-state index contributed by atoms with van der Waals surface area (Å²) >= 11 is 0. The Hall–Kier alpha value is -3.17. The van der Waals surface area contributed by atoms with E-state index >= 15 is 4.79 Å². The predicted molar refractivity (Wildman–Crippen MR) is 178 cm³/mol. The smallest absolute Gasteiger partial charge is 0.249 e. The zero-order valence-electron chi connectivity index (χ0n) is 29.1. The Morgan fingerprint density at radius 1 is 0.957 bits per heavy atom. The molecule has 0 aromatic heterocycles. The number of benzene rings is 1. The van der Waals surface area contributed by atoms with E-state index in [0.717, 1.165) is 6.42 Å². The van der Waals surface area contributed by atoms with Gasteiger partial charge in [-0.25, -0.2) is 0 Å². The minimum absolute atomic E-state index is 0.0539. The van der Waals surface area contributed by atoms with E-state index in [-0.39, 0.29) is 35.7 Å². The van der Waals surface area contributed by atoms with Crippen LogP contribution in [0.3, 0.4) is 0 Å². The Morgan fingerprint density at radius 2 is 1.61 bits per heavy atom. The van der Waals surface area contributed by atoms with Crippen LogP contribution in [0.1, 0.15) is 75.2 Å². The number of fused-ring (bicyclic) bond motifs is 2. The number of nitrogens with zero attached hydrogens (tertiary/aromatic N) is 3. The minimum atomic E-state index is -1.39. The SMILES string of the molecule is CCOc1ccc(N2CC=C[C@]3(C)O[C@]45C=CCN(C(C)(C)CC(C)(C)C)C(=O)C4N([C@@H](CO)[C@@H](C)CC)C(=O)[C@@H]5[C@@H]3C2=O)cc1. The van der Waals surface area contributed by atoms with Crippen LogP contribution in [-0.2, 0) is 19.1 Å². The quantitative estimate of drug-likeness (QED) is 0.385. The highest BCUT2D eigenvalue weighted by molar-refractivity contribution is 6.04. The molecule has 0 aliphatic carbocycles. The van der Waals surface area contributed by atoms with Crippen molar-refractivity contribution in [2.75, 3.05) is 31.2 Å². The maximum Gasteiger partial charge on any atom is 0.249 e. The normalized spacial score (nSPS) is 31.0. The van der Waals surface area contributed by atoms with Crippen LogP contribution in [0.15, 0.2) is 48.6 Å². The van der Waals surface area contributed by atoms with E-state index in [4.69, 9.17) is 9.47 Å². The zero-order chi connectivity index (χ0) is 33.8. The number of amides is 3. The van der Waals surface area contributed by atoms with Gasteiger partial charge in [0.25, 0.3) is 0 Å². The van der Waals surface area contributed by atoms with Crippen molar-refractivity contribution in [3.05, 3.63) is 48.6 Å². The van der Waals surface area contributed by atoms with Gasteiger partial charge in [0, 0.05) is 24.3 Å². The number of aliphatic hydroxyl groups excluding tert-OH is 1. The molecule has 252 valence electrons. The molecule has 4 heterocycles. The van der Waals surface area contributed by atoms with E-state index < -0.39 is 40.7 Å². The highest BCUT2D eigenvalue weighted by Gasteiger charge is 2.75. The molecule has 1 spiro atoms. The van der Waals surface area contributed by atoms with Gasteiger partial charge >= 0.3 is 0 Å². The van der Waals surface area contributed by atoms with Crippen molar-refractivity contribution in [3.8, 4) is 5.75 Å². The number of hydrogen-bond acceptors (Lipinski definition) is 6. The Labute approximate surface area is 274 Å². The zero-order valence-corrected chi connectivity index (χ0v) is 29.1. The summed E-state index contributed by atoms with van der Waals surface area (Å²) in [6, 6.07) is 5.74. The first-order chi connectivity index (χ1) is 21.5. The summed E-state index contributed by atoms with van der Waals surface area (Å²) in [7, 11) is 0. The van der Waals surface area contributed by atoms with Crippen LogP contribution in [0.4, 0.5) is 5.69 Å². The number of ether oxygens (including phenoxy) is 2. The van der Waals surface area contributed by atoms with Gasteiger partial charge in [0.15, 0.2) is 0 Å². The molecular weight excluding hydrogens is 582 g/mol. The lowest BCUT2D eigenvalue weighted by Crippen LogP contribution is -2.62. The van der Waals surface area contributed by atoms with Gasteiger partial charge in [0.2, 0.25) is 17.7 Å². The van der Waals surface area contributed by atoms with Crippen LogP contribution in [-0.4, -0.2) is 87.8 Å². The van der Waals surface area contributed by atoms with Crippen LogP contribution < -0.4 is 9.64 Å². The van der Waals surface area contributed by atoms with E-state index in [1.165, 1.54) is 0 Å². The topological polar surface area (TPSA) is 99.6 Å². The lowest BCUT2D eigenvalue weighted by molar-refractivity contribution is -0.159. The van der Waals surface area contributed by atoms with Crippen LogP contribution in [0.25, 0.3) is 0 Å². The summed E-state index contributed by atoms with van der Waals surface area (Å²) in [4.78, 5) is 49.8. The second kappa shape index (κ2) is 12.1. The lowest BCUT2D eigenvalue weighted by atomic mass is 9.74. The van der Waals surface area contributed by atoms with Crippen LogP contribution >= 0.6 is 0 Å². The standard InChI is InChI=1S/C37H53N3O6/c1-10-24(3)27(22-41)40-30-33(44)39(35(7,8)23-34(4,5)6)21-13-19-37(30)29(32(40)43)28-31(42)38(20-12-18-36(28,9)46-37)25-14-16-26(17-15-25)45-11-2/h12-19,24,27-30,41H,10-11,20-23H2,1-9H3/t24-,27-,28+,29-,30?,36-,37-/m0/s1. The molecule has 9 nitrogen and oxygen atoms in total. The van der Waals surface area contributed by atoms with E-state index in [0.29, 0.717) is 37.6 Å². The molecule has 1 unspecified atom stereocenters. The molecule has 1 N–H and O–H groups in total. The van der Waals surface area contributed by atoms with Crippen molar-refractivity contribution in [2.45, 2.75) is 104 Å². The summed E-state index contributed by atoms with van der Waals surface area (Å²) in [5.41, 5.74) is -2.41. The molecule has 0 radical (unpaired) electrons. The average Bonchev–Trinajstić information content (AvgIpc) is 3.23. The predicted octanol–water partition coefficient (Wildman–Crippen LogP) is 4.98. The first-order valence-electron chi connectivity index (χ1n) is 16.9. The third-order valence-electron chi connectivity index (χ3n) is 10.5. The first kappa shape index (κ1) is 34.2. The van der Waals surface area contributed by atoms with Gasteiger partial charge in [-0.05, 0) is 69.7 Å². The second-order valence-corrected chi connectivity index (χ2v) is 15.6. The molecule has 2 saturated heterocycles. The van der Waals surface area contributed by atoms with Crippen LogP contribution in [0, 0.1) is 23.2 Å². The molecule has 1 aromatic rings. The Kier molecular flexibility index (Phi) is 9.01. The van der Waals surface area contributed by atoms with Crippen molar-refractivity contribution in [2.24, 2.45) is 23.2 Å². The number of anilines is 1. The molecule has 46 heavy (non-hydrogen) atoms. The van der Waals surface area contributed by atoms with Crippen molar-refractivity contribution in [3.63, 3.8) is 0 Å². The van der Waals surface area contributed by atoms with Crippen molar-refractivity contribution in [1.82, 2.24) is 9.80 Å². The molecule has 4 aliphatic heterocycles. The van der Waals surface area contributed by atoms with Crippen molar-refractivity contribution in [1.29, 1.82) is 0 Å². The Bertz CT molecular complexity index is 1400. The monoisotopic (exact) mass is 635 g/mol. The summed E-state index contributed by atoms with van der Waals surface area (Å²) < 4.78 is 12.7. The summed E-state index contributed by atoms with van der Waals surface area (Å²) in [5.74, 6) is -1.97. The molecule has 3 amide bonds. The number of rotatable bonds is 9. The lowest BCUT2D eigenvalue weighted by Gasteiger charge is -2.46. The average molecular weight is 636 g/mol. The van der Waals surface area contributed by atoms with Gasteiger partial charge in [-0.1, -0.05) is 65.3 Å². The maximum atomic E-state index is 15.0. The molecule has 4 aliphatic rings. The molecule has 1 aromatic carbocycles. The number of carbonyl (C=O) groups excluding carboxylic acids is 3. The second-order valence-electron chi connectivity index (χ2n) is 15.6. The van der Waals surface area contributed by atoms with E-state index in [1.54, 1.807) is 9.80 Å². The fourth-order valence-corrected chi connectivity index (χ4v) is 8.69. The number of carbonyl (C=O) groups is 3. The Balaban J connectivity index is 1.64. The van der Waals surface area contributed by atoms with E-state index in [1.807, 2.05) is 81.2 Å². The largest absolute Gasteiger partial charge is 0.494 e. The number of hydrogen-bond donors (Lipinski definition) is 1. The fourth-order valence-electron chi connectivity index (χ4n) is 8.69. The van der Waals surface area contributed by atoms with Crippen molar-refractivity contribution < 1.29 is 29.0 Å². The molecule has 9 heteroatoms.